The number of non-ortho nitro benzene ring substituents is 1. The van der Waals surface area contributed by atoms with E-state index in [0.29, 0.717) is 11.3 Å². The molecule has 0 heterocycles. The van der Waals surface area contributed by atoms with Crippen molar-refractivity contribution >= 4 is 92.0 Å². The molecule has 0 aromatic heterocycles. The number of nitro benzene ring substituents is 1. The molecule has 0 saturated carbocycles. The molecule has 2 aromatic carbocycles. The van der Waals surface area contributed by atoms with Crippen LogP contribution in [0.25, 0.3) is 0 Å². The Morgan fingerprint density at radius 2 is 1.79 bits per heavy atom. The number of carbonyl (C=O) groups is 1. The van der Waals surface area contributed by atoms with E-state index in [1.165, 1.54) is 24.3 Å². The van der Waals surface area contributed by atoms with Gasteiger partial charge in [0, 0.05) is 27.0 Å². The molecule has 2 aromatic rings. The summed E-state index contributed by atoms with van der Waals surface area (Å²) in [5.74, 6) is -0.458. The highest BCUT2D eigenvalue weighted by Gasteiger charge is 2.35. The van der Waals surface area contributed by atoms with Crippen LogP contribution in [0.3, 0.4) is 0 Å². The van der Waals surface area contributed by atoms with E-state index in [9.17, 15) is 14.9 Å². The first-order valence-electron chi connectivity index (χ1n) is 7.51. The SMILES string of the molecule is O=C(N[C@H](NC(=S)Nc1ccc([N+](=O)[O-])cc1)C(Cl)(Cl)Cl)c1cccc(I)c1. The van der Waals surface area contributed by atoms with Gasteiger partial charge in [0.2, 0.25) is 3.79 Å². The second kappa shape index (κ2) is 9.88. The summed E-state index contributed by atoms with van der Waals surface area (Å²) in [5.41, 5.74) is 0.811. The first kappa shape index (κ1) is 22.9. The zero-order valence-corrected chi connectivity index (χ0v) is 19.0. The second-order valence-electron chi connectivity index (χ2n) is 5.36. The first-order valence-corrected chi connectivity index (χ1v) is 10.1. The number of rotatable bonds is 5. The standard InChI is InChI=1S/C16H12Cl3IN4O3S/c17-16(18,19)14(22-13(25)9-2-1-3-10(20)8-9)23-15(28)21-11-4-6-12(7-5-11)24(26)27/h1-8,14H,(H,22,25)(H2,21,23,28)/t14-/m1/s1. The average Bonchev–Trinajstić information content (AvgIpc) is 2.60. The predicted octanol–water partition coefficient (Wildman–Crippen LogP) is 4.61. The Bertz CT molecular complexity index is 893. The lowest BCUT2D eigenvalue weighted by Gasteiger charge is -2.27. The number of thiocarbonyl (C=S) groups is 1. The fourth-order valence-electron chi connectivity index (χ4n) is 2.01. The van der Waals surface area contributed by atoms with E-state index < -0.39 is 20.8 Å². The lowest BCUT2D eigenvalue weighted by molar-refractivity contribution is -0.384. The van der Waals surface area contributed by atoms with Crippen molar-refractivity contribution < 1.29 is 9.72 Å². The van der Waals surface area contributed by atoms with Crippen LogP contribution in [-0.4, -0.2) is 25.9 Å². The van der Waals surface area contributed by atoms with Gasteiger partial charge in [-0.1, -0.05) is 40.9 Å². The van der Waals surface area contributed by atoms with Crippen LogP contribution in [0, 0.1) is 13.7 Å². The quantitative estimate of drug-likeness (QED) is 0.121. The smallest absolute Gasteiger partial charge is 0.269 e. The van der Waals surface area contributed by atoms with Gasteiger partial charge in [-0.25, -0.2) is 0 Å². The molecular weight excluding hydrogens is 562 g/mol. The van der Waals surface area contributed by atoms with Gasteiger partial charge < -0.3 is 16.0 Å². The Kier molecular flexibility index (Phi) is 8.07. The number of benzene rings is 2. The molecule has 0 bridgehead atoms. The van der Waals surface area contributed by atoms with Crippen molar-refractivity contribution in [2.24, 2.45) is 0 Å². The van der Waals surface area contributed by atoms with Crippen molar-refractivity contribution in [3.63, 3.8) is 0 Å². The zero-order chi connectivity index (χ0) is 20.9. The Morgan fingerprint density at radius 1 is 1.14 bits per heavy atom. The van der Waals surface area contributed by atoms with Crippen molar-refractivity contribution in [3.05, 3.63) is 67.8 Å². The second-order valence-corrected chi connectivity index (χ2v) is 9.38. The van der Waals surface area contributed by atoms with Crippen LogP contribution >= 0.6 is 69.6 Å². The Labute approximate surface area is 194 Å². The molecule has 28 heavy (non-hydrogen) atoms. The molecule has 0 saturated heterocycles. The largest absolute Gasteiger partial charge is 0.339 e. The number of anilines is 1. The Hall–Kier alpha value is -1.40. The van der Waals surface area contributed by atoms with Crippen LogP contribution in [-0.2, 0) is 0 Å². The van der Waals surface area contributed by atoms with Crippen LogP contribution in [0.15, 0.2) is 48.5 Å². The van der Waals surface area contributed by atoms with Gasteiger partial charge in [0.15, 0.2) is 5.11 Å². The molecule has 0 radical (unpaired) electrons. The molecule has 0 aliphatic rings. The monoisotopic (exact) mass is 572 g/mol. The predicted molar refractivity (Wildman–Crippen MR) is 123 cm³/mol. The van der Waals surface area contributed by atoms with Gasteiger partial charge in [0.1, 0.15) is 6.17 Å². The van der Waals surface area contributed by atoms with Crippen molar-refractivity contribution in [2.45, 2.75) is 9.96 Å². The molecule has 3 N–H and O–H groups in total. The molecule has 2 rings (SSSR count). The molecular formula is C16H12Cl3IN4O3S. The van der Waals surface area contributed by atoms with Gasteiger partial charge in [0.25, 0.3) is 11.6 Å². The van der Waals surface area contributed by atoms with E-state index >= 15 is 0 Å². The topological polar surface area (TPSA) is 96.3 Å². The normalized spacial score (nSPS) is 12.0. The van der Waals surface area contributed by atoms with Gasteiger partial charge in [-0.05, 0) is 65.1 Å². The molecule has 148 valence electrons. The Balaban J connectivity index is 2.06. The van der Waals surface area contributed by atoms with Crippen molar-refractivity contribution in [2.75, 3.05) is 5.32 Å². The number of alkyl halides is 3. The number of hydrogen-bond acceptors (Lipinski definition) is 4. The molecule has 7 nitrogen and oxygen atoms in total. The van der Waals surface area contributed by atoms with E-state index in [1.807, 2.05) is 6.07 Å². The summed E-state index contributed by atoms with van der Waals surface area (Å²) in [7, 11) is 0. The maximum Gasteiger partial charge on any atom is 0.269 e. The molecule has 12 heteroatoms. The zero-order valence-electron chi connectivity index (χ0n) is 13.8. The number of nitro groups is 1. The van der Waals surface area contributed by atoms with Crippen LogP contribution < -0.4 is 16.0 Å². The summed E-state index contributed by atoms with van der Waals surface area (Å²) in [4.78, 5) is 22.6. The highest BCUT2D eigenvalue weighted by molar-refractivity contribution is 14.1. The highest BCUT2D eigenvalue weighted by Crippen LogP contribution is 2.29. The van der Waals surface area contributed by atoms with Crippen molar-refractivity contribution in [1.29, 1.82) is 0 Å². The molecule has 1 amide bonds. The summed E-state index contributed by atoms with van der Waals surface area (Å²) in [6.45, 7) is 0. The number of nitrogens with zero attached hydrogens (tertiary/aromatic N) is 1. The Morgan fingerprint density at radius 3 is 2.32 bits per heavy atom. The molecule has 0 unspecified atom stereocenters. The third-order valence-electron chi connectivity index (χ3n) is 3.30. The lowest BCUT2D eigenvalue weighted by atomic mass is 10.2. The number of amides is 1. The van der Waals surface area contributed by atoms with Crippen LogP contribution in [0.2, 0.25) is 0 Å². The molecule has 0 aliphatic heterocycles. The number of nitrogens with one attached hydrogen (secondary N) is 3. The lowest BCUT2D eigenvalue weighted by Crippen LogP contribution is -2.56. The van der Waals surface area contributed by atoms with Gasteiger partial charge in [0.05, 0.1) is 4.92 Å². The van der Waals surface area contributed by atoms with Crippen LogP contribution in [0.5, 0.6) is 0 Å². The van der Waals surface area contributed by atoms with Gasteiger partial charge in [-0.3, -0.25) is 14.9 Å². The number of hydrogen-bond donors (Lipinski definition) is 3. The molecule has 0 fully saturated rings. The van der Waals surface area contributed by atoms with Gasteiger partial charge in [-0.2, -0.15) is 0 Å². The molecule has 0 aliphatic carbocycles. The summed E-state index contributed by atoms with van der Waals surface area (Å²) in [6.07, 6.45) is -1.14. The van der Waals surface area contributed by atoms with Crippen molar-refractivity contribution in [1.82, 2.24) is 10.6 Å². The van der Waals surface area contributed by atoms with Gasteiger partial charge in [-0.15, -0.1) is 0 Å². The number of carbonyl (C=O) groups excluding carboxylic acids is 1. The maximum atomic E-state index is 12.4. The summed E-state index contributed by atoms with van der Waals surface area (Å²) >= 11 is 25.1. The maximum absolute atomic E-state index is 12.4. The number of halogens is 4. The van der Waals surface area contributed by atoms with Crippen LogP contribution in [0.4, 0.5) is 11.4 Å². The fourth-order valence-corrected chi connectivity index (χ4v) is 3.11. The van der Waals surface area contributed by atoms with E-state index in [0.717, 1.165) is 3.57 Å². The molecule has 0 spiro atoms. The first-order chi connectivity index (χ1) is 13.1. The highest BCUT2D eigenvalue weighted by atomic mass is 127. The summed E-state index contributed by atoms with van der Waals surface area (Å²) < 4.78 is -1.03. The van der Waals surface area contributed by atoms with Crippen molar-refractivity contribution in [3.8, 4) is 0 Å². The van der Waals surface area contributed by atoms with Crippen LogP contribution in [0.1, 0.15) is 10.4 Å². The minimum atomic E-state index is -1.90. The minimum Gasteiger partial charge on any atom is -0.339 e. The van der Waals surface area contributed by atoms with E-state index in [1.54, 1.807) is 18.2 Å². The van der Waals surface area contributed by atoms with E-state index in [-0.39, 0.29) is 10.8 Å². The third kappa shape index (κ3) is 6.89. The third-order valence-corrected chi connectivity index (χ3v) is 4.85. The van der Waals surface area contributed by atoms with Gasteiger partial charge >= 0.3 is 0 Å². The summed E-state index contributed by atoms with van der Waals surface area (Å²) in [6, 6.07) is 12.5. The minimum absolute atomic E-state index is 0.0492. The average molecular weight is 574 g/mol. The van der Waals surface area contributed by atoms with E-state index in [2.05, 4.69) is 38.5 Å². The summed E-state index contributed by atoms with van der Waals surface area (Å²) in [5, 5.41) is 18.8. The fraction of sp³-hybridized carbons (Fsp3) is 0.125. The molecule has 1 atom stereocenters. The van der Waals surface area contributed by atoms with E-state index in [4.69, 9.17) is 47.0 Å².